The lowest BCUT2D eigenvalue weighted by Gasteiger charge is -2.26. The third kappa shape index (κ3) is 5.93. The van der Waals surface area contributed by atoms with Gasteiger partial charge in [0.25, 0.3) is 0 Å². The molecule has 0 fully saturated rings. The Morgan fingerprint density at radius 1 is 0.576 bits per heavy atom. The average molecular weight is 446 g/mol. The van der Waals surface area contributed by atoms with Crippen LogP contribution in [0.25, 0.3) is 0 Å². The van der Waals surface area contributed by atoms with Crippen LogP contribution >= 0.6 is 0 Å². The molecule has 2 aromatic rings. The molecule has 0 bridgehead atoms. The maximum atomic E-state index is 3.66. The van der Waals surface area contributed by atoms with E-state index in [0.29, 0.717) is 29.7 Å². The van der Waals surface area contributed by atoms with Gasteiger partial charge in [-0.05, 0) is 84.0 Å². The van der Waals surface area contributed by atoms with Gasteiger partial charge in [0.1, 0.15) is 5.82 Å². The van der Waals surface area contributed by atoms with Crippen LogP contribution in [-0.4, -0.2) is 6.04 Å². The van der Waals surface area contributed by atoms with Gasteiger partial charge in [-0.2, -0.15) is 0 Å². The van der Waals surface area contributed by atoms with Crippen LogP contribution in [0.3, 0.4) is 0 Å². The minimum Gasteiger partial charge on any atom is -0.368 e. The molecule has 0 spiro atoms. The fourth-order valence-corrected chi connectivity index (χ4v) is 4.02. The van der Waals surface area contributed by atoms with Crippen LogP contribution in [0.15, 0.2) is 48.4 Å². The van der Waals surface area contributed by atoms with Gasteiger partial charge in [0.15, 0.2) is 0 Å². The van der Waals surface area contributed by atoms with Crippen molar-refractivity contribution in [2.75, 3.05) is 9.80 Å². The Bertz CT molecular complexity index is 930. The van der Waals surface area contributed by atoms with Crippen LogP contribution in [0.1, 0.15) is 115 Å². The van der Waals surface area contributed by atoms with E-state index in [9.17, 15) is 0 Å². The van der Waals surface area contributed by atoms with Crippen molar-refractivity contribution in [3.05, 3.63) is 77.3 Å². The van der Waals surface area contributed by atoms with Crippen LogP contribution in [0.2, 0.25) is 0 Å². The molecule has 3 rings (SSSR count). The van der Waals surface area contributed by atoms with Gasteiger partial charge in [0.2, 0.25) is 6.67 Å². The fraction of sp³-hybridized carbons (Fsp3) is 0.500. The Balaban J connectivity index is 2.06. The van der Waals surface area contributed by atoms with Gasteiger partial charge >= 0.3 is 0 Å². The maximum Gasteiger partial charge on any atom is 0.219 e. The zero-order valence-corrected chi connectivity index (χ0v) is 22.3. The zero-order valence-electron chi connectivity index (χ0n) is 22.3. The summed E-state index contributed by atoms with van der Waals surface area (Å²) < 4.78 is 0. The van der Waals surface area contributed by atoms with E-state index in [2.05, 4.69) is 134 Å². The summed E-state index contributed by atoms with van der Waals surface area (Å²) in [7, 11) is 0. The van der Waals surface area contributed by atoms with E-state index in [1.807, 2.05) is 0 Å². The van der Waals surface area contributed by atoms with E-state index in [4.69, 9.17) is 0 Å². The van der Waals surface area contributed by atoms with Gasteiger partial charge in [0, 0.05) is 23.6 Å². The summed E-state index contributed by atoms with van der Waals surface area (Å²) in [6, 6.07) is 14.3. The SMILES string of the molecule is CC(C)NC1=CN(c2cc(C(C)C)cc(C(C)C)c2)[C]N1c1cc(C(C)C)cc(C(C)C)c1. The van der Waals surface area contributed by atoms with Gasteiger partial charge in [-0.1, -0.05) is 67.5 Å². The molecule has 0 aromatic heterocycles. The second-order valence-electron chi connectivity index (χ2n) is 11.0. The molecular weight excluding hydrogens is 402 g/mol. The molecule has 1 aliphatic rings. The highest BCUT2D eigenvalue weighted by molar-refractivity contribution is 5.67. The van der Waals surface area contributed by atoms with Gasteiger partial charge in [0.05, 0.1) is 0 Å². The minimum absolute atomic E-state index is 0.326. The molecule has 178 valence electrons. The van der Waals surface area contributed by atoms with Crippen molar-refractivity contribution in [2.45, 2.75) is 99.0 Å². The molecule has 1 aliphatic heterocycles. The molecule has 0 unspecified atom stereocenters. The molecule has 1 N–H and O–H groups in total. The summed E-state index contributed by atoms with van der Waals surface area (Å²) in [6.45, 7) is 26.1. The predicted octanol–water partition coefficient (Wildman–Crippen LogP) is 8.30. The highest BCUT2D eigenvalue weighted by atomic mass is 15.4. The lowest BCUT2D eigenvalue weighted by Crippen LogP contribution is -2.32. The van der Waals surface area contributed by atoms with Gasteiger partial charge in [-0.3, -0.25) is 4.90 Å². The van der Waals surface area contributed by atoms with Crippen molar-refractivity contribution in [1.82, 2.24) is 5.32 Å². The van der Waals surface area contributed by atoms with Crippen LogP contribution in [-0.2, 0) is 0 Å². The largest absolute Gasteiger partial charge is 0.368 e. The summed E-state index contributed by atoms with van der Waals surface area (Å²) in [5.74, 6) is 2.97. The minimum atomic E-state index is 0.326. The highest BCUT2D eigenvalue weighted by Crippen LogP contribution is 2.36. The van der Waals surface area contributed by atoms with Crippen molar-refractivity contribution in [3.63, 3.8) is 0 Å². The molecule has 0 saturated heterocycles. The number of benzene rings is 2. The van der Waals surface area contributed by atoms with Gasteiger partial charge in [-0.15, -0.1) is 0 Å². The van der Waals surface area contributed by atoms with Crippen molar-refractivity contribution < 1.29 is 0 Å². The topological polar surface area (TPSA) is 18.5 Å². The van der Waals surface area contributed by atoms with E-state index >= 15 is 0 Å². The van der Waals surface area contributed by atoms with Gasteiger partial charge < -0.3 is 10.2 Å². The monoisotopic (exact) mass is 445 g/mol. The van der Waals surface area contributed by atoms with Crippen molar-refractivity contribution in [2.24, 2.45) is 0 Å². The van der Waals surface area contributed by atoms with E-state index in [0.717, 1.165) is 11.5 Å². The maximum absolute atomic E-state index is 3.66. The van der Waals surface area contributed by atoms with Crippen molar-refractivity contribution in [3.8, 4) is 0 Å². The molecule has 3 heteroatoms. The number of anilines is 2. The first-order chi connectivity index (χ1) is 15.5. The standard InChI is InChI=1S/C30H43N3/c1-19(2)24-11-25(20(3)4)14-28(13-24)32-17-30(31-23(9)10)33(18-32)29-15-26(21(5)6)12-27(16-29)22(7)8/h11-17,19-23,31H,1-10H3. The Labute approximate surface area is 202 Å². The van der Waals surface area contributed by atoms with E-state index in [1.54, 1.807) is 0 Å². The average Bonchev–Trinajstić information content (AvgIpc) is 3.16. The zero-order chi connectivity index (χ0) is 24.4. The van der Waals surface area contributed by atoms with E-state index in [-0.39, 0.29) is 0 Å². The number of nitrogens with one attached hydrogen (secondary N) is 1. The Kier molecular flexibility index (Phi) is 7.82. The molecule has 0 amide bonds. The second kappa shape index (κ2) is 10.2. The summed E-state index contributed by atoms with van der Waals surface area (Å²) in [5, 5.41) is 3.65. The summed E-state index contributed by atoms with van der Waals surface area (Å²) in [4.78, 5) is 4.34. The molecule has 2 aromatic carbocycles. The van der Waals surface area contributed by atoms with Crippen molar-refractivity contribution >= 4 is 11.4 Å². The first-order valence-electron chi connectivity index (χ1n) is 12.6. The molecule has 1 heterocycles. The number of nitrogens with zero attached hydrogens (tertiary/aromatic N) is 2. The van der Waals surface area contributed by atoms with Gasteiger partial charge in [-0.25, -0.2) is 0 Å². The van der Waals surface area contributed by atoms with Crippen LogP contribution in [0.5, 0.6) is 0 Å². The van der Waals surface area contributed by atoms with Crippen LogP contribution in [0, 0.1) is 6.67 Å². The Hall–Kier alpha value is -2.42. The number of rotatable bonds is 8. The molecule has 33 heavy (non-hydrogen) atoms. The van der Waals surface area contributed by atoms with E-state index in [1.165, 1.54) is 27.9 Å². The smallest absolute Gasteiger partial charge is 0.219 e. The molecule has 2 radical (unpaired) electrons. The third-order valence-corrected chi connectivity index (χ3v) is 6.26. The molecular formula is C30H43N3. The number of hydrogen-bond donors (Lipinski definition) is 1. The van der Waals surface area contributed by atoms with E-state index < -0.39 is 0 Å². The summed E-state index contributed by atoms with van der Waals surface area (Å²) in [6.07, 6.45) is 2.18. The molecule has 0 saturated carbocycles. The molecule has 0 atom stereocenters. The lowest BCUT2D eigenvalue weighted by atomic mass is 9.94. The lowest BCUT2D eigenvalue weighted by molar-refractivity contribution is 0.658. The normalized spacial score (nSPS) is 14.5. The Morgan fingerprint density at radius 2 is 0.970 bits per heavy atom. The predicted molar refractivity (Wildman–Crippen MR) is 144 cm³/mol. The first kappa shape index (κ1) is 25.2. The second-order valence-corrected chi connectivity index (χ2v) is 11.0. The summed E-state index contributed by atoms with van der Waals surface area (Å²) in [5.41, 5.74) is 7.79. The van der Waals surface area contributed by atoms with Crippen LogP contribution < -0.4 is 15.1 Å². The number of hydrogen-bond acceptors (Lipinski definition) is 3. The first-order valence-corrected chi connectivity index (χ1v) is 12.6. The Morgan fingerprint density at radius 3 is 1.33 bits per heavy atom. The van der Waals surface area contributed by atoms with Crippen LogP contribution in [0.4, 0.5) is 11.4 Å². The summed E-state index contributed by atoms with van der Waals surface area (Å²) >= 11 is 0. The van der Waals surface area contributed by atoms with Crippen molar-refractivity contribution in [1.29, 1.82) is 0 Å². The highest BCUT2D eigenvalue weighted by Gasteiger charge is 2.27. The fourth-order valence-electron chi connectivity index (χ4n) is 4.02. The quantitative estimate of drug-likeness (QED) is 0.441. The third-order valence-electron chi connectivity index (χ3n) is 6.26. The molecule has 0 aliphatic carbocycles. The molecule has 3 nitrogen and oxygen atoms in total.